The molecule has 1 unspecified atom stereocenters. The van der Waals surface area contributed by atoms with Gasteiger partial charge in [-0.15, -0.1) is 16.1 Å². The fraction of sp³-hybridized carbons (Fsp3) is 0.800. The largest absolute Gasteiger partial charge is 0.598 e. The lowest BCUT2D eigenvalue weighted by Crippen LogP contribution is -2.50. The van der Waals surface area contributed by atoms with Crippen LogP contribution in [-0.2, 0) is 22.5 Å². The molecule has 2 aliphatic rings. The molecule has 0 radical (unpaired) electrons. The van der Waals surface area contributed by atoms with E-state index in [2.05, 4.69) is 23.6 Å². The Morgan fingerprint density at radius 2 is 2.04 bits per heavy atom. The summed E-state index contributed by atoms with van der Waals surface area (Å²) >= 11 is 0.560. The van der Waals surface area contributed by atoms with Gasteiger partial charge in [0.25, 0.3) is 0 Å². The average molecular weight is 428 g/mol. The van der Waals surface area contributed by atoms with Crippen LogP contribution in [0.2, 0.25) is 0 Å². The van der Waals surface area contributed by atoms with Crippen molar-refractivity contribution >= 4 is 28.8 Å². The monoisotopic (exact) mass is 427 g/mol. The predicted molar refractivity (Wildman–Crippen MR) is 114 cm³/mol. The van der Waals surface area contributed by atoms with Crippen LogP contribution in [0.1, 0.15) is 71.0 Å². The van der Waals surface area contributed by atoms with E-state index in [0.29, 0.717) is 19.0 Å². The fourth-order valence-electron chi connectivity index (χ4n) is 3.94. The summed E-state index contributed by atoms with van der Waals surface area (Å²) in [5.74, 6) is 0.342. The first-order valence-corrected chi connectivity index (χ1v) is 12.2. The standard InChI is InChI=1S/C20H33N3O3S2/c1-13(2)14(3)28(25)22-17-16-15(27-12-21-16)11-20(17)7-9-23(10-8-20)18(24)26-19(4,5)6/h12-14,17,22H,7-11H2,1-6H3/t14?,17-,28-/m1/s1. The minimum atomic E-state index is -1.13. The highest BCUT2D eigenvalue weighted by molar-refractivity contribution is 7.90. The maximum Gasteiger partial charge on any atom is 0.410 e. The van der Waals surface area contributed by atoms with Gasteiger partial charge in [0.05, 0.1) is 11.2 Å². The molecule has 1 saturated heterocycles. The molecule has 3 rings (SSSR count). The second kappa shape index (κ2) is 8.13. The third kappa shape index (κ3) is 4.50. The Bertz CT molecular complexity index is 693. The number of ether oxygens (including phenoxy) is 1. The summed E-state index contributed by atoms with van der Waals surface area (Å²) in [4.78, 5) is 20.1. The van der Waals surface area contributed by atoms with Crippen molar-refractivity contribution in [2.75, 3.05) is 13.1 Å². The lowest BCUT2D eigenvalue weighted by molar-refractivity contribution is 0.00707. The number of hydrogen-bond acceptors (Lipinski definition) is 6. The van der Waals surface area contributed by atoms with E-state index in [4.69, 9.17) is 4.74 Å². The van der Waals surface area contributed by atoms with Gasteiger partial charge in [0.15, 0.2) is 0 Å². The first-order valence-electron chi connectivity index (χ1n) is 10.1. The first kappa shape index (κ1) is 21.9. The molecule has 1 spiro atoms. The number of rotatable bonds is 4. The van der Waals surface area contributed by atoms with Crippen molar-refractivity contribution in [1.82, 2.24) is 14.6 Å². The Kier molecular flexibility index (Phi) is 6.35. The summed E-state index contributed by atoms with van der Waals surface area (Å²) in [6.45, 7) is 13.2. The Morgan fingerprint density at radius 3 is 2.61 bits per heavy atom. The van der Waals surface area contributed by atoms with Gasteiger partial charge < -0.3 is 14.2 Å². The second-order valence-electron chi connectivity index (χ2n) is 9.46. The Balaban J connectivity index is 1.72. The number of fused-ring (bicyclic) bond motifs is 1. The van der Waals surface area contributed by atoms with Crippen molar-refractivity contribution in [2.24, 2.45) is 11.3 Å². The summed E-state index contributed by atoms with van der Waals surface area (Å²) in [5, 5.41) is 0.0709. The maximum atomic E-state index is 12.9. The van der Waals surface area contributed by atoms with E-state index in [0.717, 1.165) is 25.0 Å². The van der Waals surface area contributed by atoms with E-state index in [-0.39, 0.29) is 22.8 Å². The zero-order chi connectivity index (χ0) is 20.7. The molecule has 8 heteroatoms. The van der Waals surface area contributed by atoms with Crippen LogP contribution in [0.25, 0.3) is 0 Å². The van der Waals surface area contributed by atoms with E-state index in [1.165, 1.54) is 4.88 Å². The van der Waals surface area contributed by atoms with Gasteiger partial charge in [-0.1, -0.05) is 13.8 Å². The van der Waals surface area contributed by atoms with Crippen LogP contribution < -0.4 is 4.72 Å². The number of likely N-dealkylation sites (tertiary alicyclic amines) is 1. The normalized spacial score (nSPS) is 23.7. The number of carbonyl (C=O) groups is 1. The summed E-state index contributed by atoms with van der Waals surface area (Å²) in [6, 6.07) is -0.0171. The van der Waals surface area contributed by atoms with E-state index >= 15 is 0 Å². The van der Waals surface area contributed by atoms with Crippen LogP contribution in [0.5, 0.6) is 0 Å². The van der Waals surface area contributed by atoms with Crippen molar-refractivity contribution in [3.05, 3.63) is 16.1 Å². The summed E-state index contributed by atoms with van der Waals surface area (Å²) in [5.41, 5.74) is 2.43. The third-order valence-corrected chi connectivity index (χ3v) is 8.53. The van der Waals surface area contributed by atoms with E-state index < -0.39 is 17.0 Å². The zero-order valence-electron chi connectivity index (χ0n) is 17.8. The highest BCUT2D eigenvalue weighted by Gasteiger charge is 2.52. The molecule has 1 aromatic heterocycles. The number of nitrogens with zero attached hydrogens (tertiary/aromatic N) is 2. The smallest absolute Gasteiger partial charge is 0.410 e. The molecule has 2 heterocycles. The highest BCUT2D eigenvalue weighted by Crippen LogP contribution is 2.53. The molecule has 0 aromatic carbocycles. The number of carbonyl (C=O) groups excluding carboxylic acids is 1. The van der Waals surface area contributed by atoms with Crippen molar-refractivity contribution in [3.8, 4) is 0 Å². The Labute approximate surface area is 175 Å². The van der Waals surface area contributed by atoms with Crippen LogP contribution in [0.4, 0.5) is 4.79 Å². The van der Waals surface area contributed by atoms with Crippen LogP contribution in [0.15, 0.2) is 5.51 Å². The van der Waals surface area contributed by atoms with E-state index in [9.17, 15) is 9.35 Å². The fourth-order valence-corrected chi connectivity index (χ4v) is 6.20. The number of amides is 1. The average Bonchev–Trinajstić information content (AvgIpc) is 3.14. The lowest BCUT2D eigenvalue weighted by atomic mass is 9.74. The molecule has 0 bridgehead atoms. The highest BCUT2D eigenvalue weighted by atomic mass is 32.2. The minimum absolute atomic E-state index is 0.0171. The molecule has 0 saturated carbocycles. The third-order valence-electron chi connectivity index (χ3n) is 5.99. The maximum absolute atomic E-state index is 12.9. The van der Waals surface area contributed by atoms with Crippen molar-refractivity contribution in [2.45, 2.75) is 77.7 Å². The van der Waals surface area contributed by atoms with Gasteiger partial charge in [-0.2, -0.15) is 0 Å². The minimum Gasteiger partial charge on any atom is -0.598 e. The molecule has 1 N–H and O–H groups in total. The summed E-state index contributed by atoms with van der Waals surface area (Å²) in [7, 11) is 0. The molecule has 158 valence electrons. The molecule has 1 aromatic rings. The van der Waals surface area contributed by atoms with E-state index in [1.54, 1.807) is 16.2 Å². The molecule has 6 nitrogen and oxygen atoms in total. The number of thiazole rings is 1. The Hall–Kier alpha value is -0.830. The SMILES string of the molecule is CC(C)C(C)[S@@+]([O-])N[C@@H]1c2ncsc2CC12CCN(C(=O)OC(C)(C)C)CC2. The van der Waals surface area contributed by atoms with Crippen molar-refractivity contribution in [1.29, 1.82) is 0 Å². The molecular weight excluding hydrogens is 394 g/mol. The van der Waals surface area contributed by atoms with Crippen LogP contribution in [-0.4, -0.2) is 44.5 Å². The number of nitrogens with one attached hydrogen (secondary N) is 1. The molecule has 1 aliphatic heterocycles. The van der Waals surface area contributed by atoms with Crippen LogP contribution in [0, 0.1) is 11.3 Å². The van der Waals surface area contributed by atoms with Gasteiger partial charge in [-0.25, -0.2) is 9.78 Å². The zero-order valence-corrected chi connectivity index (χ0v) is 19.4. The number of piperidine rings is 1. The van der Waals surface area contributed by atoms with Gasteiger partial charge in [-0.05, 0) is 47.0 Å². The molecule has 1 aliphatic carbocycles. The van der Waals surface area contributed by atoms with Gasteiger partial charge in [-0.3, -0.25) is 0 Å². The van der Waals surface area contributed by atoms with Crippen molar-refractivity contribution in [3.63, 3.8) is 0 Å². The molecule has 3 atom stereocenters. The molecule has 28 heavy (non-hydrogen) atoms. The molecular formula is C20H33N3O3S2. The van der Waals surface area contributed by atoms with Crippen LogP contribution in [0.3, 0.4) is 0 Å². The van der Waals surface area contributed by atoms with Gasteiger partial charge in [0, 0.05) is 40.7 Å². The van der Waals surface area contributed by atoms with Crippen molar-refractivity contribution < 1.29 is 14.1 Å². The summed E-state index contributed by atoms with van der Waals surface area (Å²) in [6.07, 6.45) is 2.43. The van der Waals surface area contributed by atoms with E-state index in [1.807, 2.05) is 33.2 Å². The predicted octanol–water partition coefficient (Wildman–Crippen LogP) is 4.06. The van der Waals surface area contributed by atoms with Gasteiger partial charge in [0.1, 0.15) is 16.9 Å². The van der Waals surface area contributed by atoms with Gasteiger partial charge >= 0.3 is 6.09 Å². The topological polar surface area (TPSA) is 77.5 Å². The van der Waals surface area contributed by atoms with Gasteiger partial charge in [0.2, 0.25) is 0 Å². The molecule has 1 amide bonds. The molecule has 1 fully saturated rings. The lowest BCUT2D eigenvalue weighted by Gasteiger charge is -2.43. The Morgan fingerprint density at radius 1 is 1.39 bits per heavy atom. The number of hydrogen-bond donors (Lipinski definition) is 1. The quantitative estimate of drug-likeness (QED) is 0.733. The second-order valence-corrected chi connectivity index (χ2v) is 12.0. The summed E-state index contributed by atoms with van der Waals surface area (Å²) < 4.78 is 21.9. The first-order chi connectivity index (χ1) is 13.0. The van der Waals surface area contributed by atoms with Crippen LogP contribution >= 0.6 is 11.3 Å². The number of aromatic nitrogens is 1.